The third kappa shape index (κ3) is 5.23. The maximum absolute atomic E-state index is 12.2. The summed E-state index contributed by atoms with van der Waals surface area (Å²) in [5.41, 5.74) is 1.01. The molecule has 2 rings (SSSR count). The van der Waals surface area contributed by atoms with Crippen molar-refractivity contribution in [2.45, 2.75) is 32.0 Å². The quantitative estimate of drug-likeness (QED) is 0.905. The molecule has 0 radical (unpaired) electrons. The van der Waals surface area contributed by atoms with E-state index in [4.69, 9.17) is 0 Å². The largest absolute Gasteiger partial charge is 0.435 e. The van der Waals surface area contributed by atoms with Gasteiger partial charge in [-0.2, -0.15) is 8.78 Å². The summed E-state index contributed by atoms with van der Waals surface area (Å²) in [7, 11) is 1.98. The molecule has 1 fully saturated rings. The number of nitrogens with zero attached hydrogens (tertiary/aromatic N) is 1. The molecule has 1 N–H and O–H groups in total. The van der Waals surface area contributed by atoms with Crippen LogP contribution in [0.25, 0.3) is 0 Å². The van der Waals surface area contributed by atoms with Crippen molar-refractivity contribution in [1.82, 2.24) is 10.2 Å². The van der Waals surface area contributed by atoms with Gasteiger partial charge in [0.05, 0.1) is 0 Å². The predicted molar refractivity (Wildman–Crippen MR) is 77.7 cm³/mol. The molecule has 1 heterocycles. The van der Waals surface area contributed by atoms with E-state index in [-0.39, 0.29) is 18.2 Å². The Hall–Kier alpha value is -0.910. The minimum absolute atomic E-state index is 0. The highest BCUT2D eigenvalue weighted by molar-refractivity contribution is 5.85. The SMILES string of the molecule is CNC1CCCN(Cc2cccc(OC(F)F)c2)C1.Cl. The number of benzene rings is 1. The second-order valence-electron chi connectivity index (χ2n) is 4.89. The normalized spacial score (nSPS) is 19.7. The summed E-state index contributed by atoms with van der Waals surface area (Å²) in [6, 6.07) is 7.47. The Morgan fingerprint density at radius 1 is 1.45 bits per heavy atom. The van der Waals surface area contributed by atoms with Gasteiger partial charge in [-0.15, -0.1) is 12.4 Å². The summed E-state index contributed by atoms with van der Waals surface area (Å²) in [6.45, 7) is 0.0617. The van der Waals surface area contributed by atoms with Gasteiger partial charge >= 0.3 is 6.61 Å². The molecule has 3 nitrogen and oxygen atoms in total. The van der Waals surface area contributed by atoms with Crippen LogP contribution in [0.3, 0.4) is 0 Å². The van der Waals surface area contributed by atoms with Crippen LogP contribution in [0.4, 0.5) is 8.78 Å². The maximum Gasteiger partial charge on any atom is 0.387 e. The molecule has 114 valence electrons. The van der Waals surface area contributed by atoms with Gasteiger partial charge in [0.2, 0.25) is 0 Å². The van der Waals surface area contributed by atoms with Gasteiger partial charge in [0.25, 0.3) is 0 Å². The van der Waals surface area contributed by atoms with Crippen molar-refractivity contribution in [2.24, 2.45) is 0 Å². The lowest BCUT2D eigenvalue weighted by molar-refractivity contribution is -0.0499. The summed E-state index contributed by atoms with van der Waals surface area (Å²) >= 11 is 0. The van der Waals surface area contributed by atoms with E-state index in [1.165, 1.54) is 12.8 Å². The third-order valence-corrected chi connectivity index (χ3v) is 3.44. The number of ether oxygens (including phenoxy) is 1. The number of nitrogens with one attached hydrogen (secondary N) is 1. The smallest absolute Gasteiger partial charge is 0.387 e. The molecule has 0 aromatic heterocycles. The molecule has 20 heavy (non-hydrogen) atoms. The number of alkyl halides is 2. The van der Waals surface area contributed by atoms with Crippen molar-refractivity contribution >= 4 is 12.4 Å². The average Bonchev–Trinajstić information content (AvgIpc) is 2.38. The molecule has 0 saturated carbocycles. The van der Waals surface area contributed by atoms with Crippen LogP contribution in [0.15, 0.2) is 24.3 Å². The summed E-state index contributed by atoms with van der Waals surface area (Å²) in [5.74, 6) is 0.231. The molecule has 0 spiro atoms. The molecular weight excluding hydrogens is 286 g/mol. The molecule has 0 aliphatic carbocycles. The molecule has 1 aromatic carbocycles. The zero-order valence-electron chi connectivity index (χ0n) is 11.5. The van der Waals surface area contributed by atoms with Crippen LogP contribution in [0.2, 0.25) is 0 Å². The topological polar surface area (TPSA) is 24.5 Å². The number of hydrogen-bond donors (Lipinski definition) is 1. The molecule has 1 saturated heterocycles. The standard InChI is InChI=1S/C14H20F2N2O.ClH/c1-17-12-5-3-7-18(10-12)9-11-4-2-6-13(8-11)19-14(15)16;/h2,4,6,8,12,14,17H,3,5,7,9-10H2,1H3;1H. The Labute approximate surface area is 124 Å². The molecule has 1 aliphatic heterocycles. The molecule has 1 aliphatic rings. The molecular formula is C14H21ClF2N2O. The minimum atomic E-state index is -2.76. The van der Waals surface area contributed by atoms with Crippen LogP contribution < -0.4 is 10.1 Å². The van der Waals surface area contributed by atoms with E-state index in [0.717, 1.165) is 25.2 Å². The fourth-order valence-electron chi connectivity index (χ4n) is 2.51. The summed E-state index contributed by atoms with van der Waals surface area (Å²) in [5, 5.41) is 3.29. The molecule has 6 heteroatoms. The Bertz CT molecular complexity index is 407. The second-order valence-corrected chi connectivity index (χ2v) is 4.89. The lowest BCUT2D eigenvalue weighted by Gasteiger charge is -2.32. The van der Waals surface area contributed by atoms with E-state index < -0.39 is 6.61 Å². The van der Waals surface area contributed by atoms with Gasteiger partial charge in [0.15, 0.2) is 0 Å². The van der Waals surface area contributed by atoms with Crippen molar-refractivity contribution in [3.05, 3.63) is 29.8 Å². The lowest BCUT2D eigenvalue weighted by Crippen LogP contribution is -2.43. The van der Waals surface area contributed by atoms with Gasteiger partial charge in [0.1, 0.15) is 5.75 Å². The summed E-state index contributed by atoms with van der Waals surface area (Å²) in [4.78, 5) is 2.34. The van der Waals surface area contributed by atoms with Crippen molar-refractivity contribution in [1.29, 1.82) is 0 Å². The zero-order valence-corrected chi connectivity index (χ0v) is 12.3. The van der Waals surface area contributed by atoms with Crippen molar-refractivity contribution in [3.63, 3.8) is 0 Å². The Kier molecular flexibility index (Phi) is 7.19. The van der Waals surface area contributed by atoms with Gasteiger partial charge in [0, 0.05) is 19.1 Å². The van der Waals surface area contributed by atoms with Crippen LogP contribution in [-0.4, -0.2) is 37.7 Å². The monoisotopic (exact) mass is 306 g/mol. The predicted octanol–water partition coefficient (Wildman–Crippen LogP) is 2.89. The van der Waals surface area contributed by atoms with Gasteiger partial charge in [-0.05, 0) is 44.1 Å². The minimum Gasteiger partial charge on any atom is -0.435 e. The highest BCUT2D eigenvalue weighted by atomic mass is 35.5. The number of rotatable bonds is 5. The molecule has 1 atom stereocenters. The van der Waals surface area contributed by atoms with Crippen molar-refractivity contribution < 1.29 is 13.5 Å². The molecule has 0 bridgehead atoms. The first kappa shape index (κ1) is 17.1. The van der Waals surface area contributed by atoms with E-state index >= 15 is 0 Å². The molecule has 1 aromatic rings. The van der Waals surface area contributed by atoms with E-state index in [2.05, 4.69) is 15.0 Å². The molecule has 1 unspecified atom stereocenters. The van der Waals surface area contributed by atoms with Gasteiger partial charge < -0.3 is 10.1 Å². The Morgan fingerprint density at radius 3 is 2.95 bits per heavy atom. The first-order valence-corrected chi connectivity index (χ1v) is 6.61. The highest BCUT2D eigenvalue weighted by Crippen LogP contribution is 2.19. The number of likely N-dealkylation sites (tertiary alicyclic amines) is 1. The van der Waals surface area contributed by atoms with E-state index in [0.29, 0.717) is 6.04 Å². The van der Waals surface area contributed by atoms with Crippen LogP contribution in [0.1, 0.15) is 18.4 Å². The maximum atomic E-state index is 12.2. The summed E-state index contributed by atoms with van der Waals surface area (Å²) < 4.78 is 28.8. The van der Waals surface area contributed by atoms with Crippen LogP contribution in [0.5, 0.6) is 5.75 Å². The first-order valence-electron chi connectivity index (χ1n) is 6.61. The number of halogens is 3. The van der Waals surface area contributed by atoms with E-state index in [1.54, 1.807) is 18.2 Å². The van der Waals surface area contributed by atoms with Gasteiger partial charge in [-0.1, -0.05) is 12.1 Å². The van der Waals surface area contributed by atoms with Crippen LogP contribution in [-0.2, 0) is 6.54 Å². The fraction of sp³-hybridized carbons (Fsp3) is 0.571. The second kappa shape index (κ2) is 8.39. The lowest BCUT2D eigenvalue weighted by atomic mass is 10.1. The first-order chi connectivity index (χ1) is 9.17. The van der Waals surface area contributed by atoms with E-state index in [9.17, 15) is 8.78 Å². The van der Waals surface area contributed by atoms with Crippen molar-refractivity contribution in [3.8, 4) is 5.75 Å². The Morgan fingerprint density at radius 2 is 2.25 bits per heavy atom. The number of likely N-dealkylation sites (N-methyl/N-ethyl adjacent to an activating group) is 1. The summed E-state index contributed by atoms with van der Waals surface area (Å²) in [6.07, 6.45) is 2.36. The van der Waals surface area contributed by atoms with Crippen molar-refractivity contribution in [2.75, 3.05) is 20.1 Å². The zero-order chi connectivity index (χ0) is 13.7. The highest BCUT2D eigenvalue weighted by Gasteiger charge is 2.18. The van der Waals surface area contributed by atoms with Crippen LogP contribution >= 0.6 is 12.4 Å². The van der Waals surface area contributed by atoms with Gasteiger partial charge in [-0.3, -0.25) is 4.90 Å². The number of piperidine rings is 1. The van der Waals surface area contributed by atoms with E-state index in [1.807, 2.05) is 13.1 Å². The Balaban J connectivity index is 0.00000200. The molecule has 0 amide bonds. The van der Waals surface area contributed by atoms with Crippen LogP contribution in [0, 0.1) is 0 Å². The third-order valence-electron chi connectivity index (χ3n) is 3.44. The van der Waals surface area contributed by atoms with Gasteiger partial charge in [-0.25, -0.2) is 0 Å². The number of hydrogen-bond acceptors (Lipinski definition) is 3. The fourth-order valence-corrected chi connectivity index (χ4v) is 2.51. The average molecular weight is 307 g/mol.